The molecule has 6 heteroatoms. The third kappa shape index (κ3) is 5.68. The van der Waals surface area contributed by atoms with E-state index in [0.717, 1.165) is 5.56 Å². The van der Waals surface area contributed by atoms with Crippen molar-refractivity contribution in [1.29, 1.82) is 0 Å². The summed E-state index contributed by atoms with van der Waals surface area (Å²) in [7, 11) is 0. The van der Waals surface area contributed by atoms with Crippen LogP contribution in [0.1, 0.15) is 36.8 Å². The van der Waals surface area contributed by atoms with Crippen molar-refractivity contribution in [3.05, 3.63) is 35.4 Å². The van der Waals surface area contributed by atoms with Gasteiger partial charge < -0.3 is 15.7 Å². The molecular formula is C18H24N2O4. The molecule has 0 spiro atoms. The van der Waals surface area contributed by atoms with E-state index in [-0.39, 0.29) is 30.3 Å². The van der Waals surface area contributed by atoms with Crippen LogP contribution in [0.25, 0.3) is 0 Å². The van der Waals surface area contributed by atoms with Gasteiger partial charge in [-0.25, -0.2) is 0 Å². The fourth-order valence-electron chi connectivity index (χ4n) is 2.90. The summed E-state index contributed by atoms with van der Waals surface area (Å²) in [6.07, 6.45) is 2.69. The highest BCUT2D eigenvalue weighted by molar-refractivity contribution is 5.85. The zero-order valence-electron chi connectivity index (χ0n) is 13.9. The molecule has 1 aliphatic rings. The van der Waals surface area contributed by atoms with Crippen LogP contribution in [0.15, 0.2) is 24.3 Å². The number of aryl methyl sites for hydroxylation is 2. The lowest BCUT2D eigenvalue weighted by Crippen LogP contribution is -2.41. The van der Waals surface area contributed by atoms with E-state index < -0.39 is 5.97 Å². The van der Waals surface area contributed by atoms with Crippen LogP contribution in [0.2, 0.25) is 0 Å². The van der Waals surface area contributed by atoms with Gasteiger partial charge in [-0.15, -0.1) is 0 Å². The Balaban J connectivity index is 1.63. The van der Waals surface area contributed by atoms with Gasteiger partial charge in [0.15, 0.2) is 0 Å². The lowest BCUT2D eigenvalue weighted by atomic mass is 10.1. The second-order valence-electron chi connectivity index (χ2n) is 6.37. The van der Waals surface area contributed by atoms with E-state index in [2.05, 4.69) is 10.6 Å². The Labute approximate surface area is 141 Å². The van der Waals surface area contributed by atoms with Crippen LogP contribution in [0, 0.1) is 12.8 Å². The van der Waals surface area contributed by atoms with E-state index >= 15 is 0 Å². The number of aliphatic carboxylic acids is 1. The molecule has 0 heterocycles. The van der Waals surface area contributed by atoms with E-state index in [9.17, 15) is 14.4 Å². The largest absolute Gasteiger partial charge is 0.481 e. The standard InChI is InChI=1S/C18H24N2O4/c1-12-2-4-13(5-3-12)6-9-16(21)19-11-17(22)20-15-8-7-14(10-15)18(23)24/h2-5,14-15H,6-11H2,1H3,(H,19,21)(H,20,22)(H,23,24)/t14-,15+/m0/s1. The van der Waals surface area contributed by atoms with Gasteiger partial charge in [-0.1, -0.05) is 29.8 Å². The van der Waals surface area contributed by atoms with Crippen LogP contribution >= 0.6 is 0 Å². The Hall–Kier alpha value is -2.37. The molecule has 1 aromatic rings. The SMILES string of the molecule is Cc1ccc(CCC(=O)NCC(=O)N[C@@H]2CC[C@H](C(=O)O)C2)cc1. The lowest BCUT2D eigenvalue weighted by Gasteiger charge is -2.13. The summed E-state index contributed by atoms with van der Waals surface area (Å²) in [5.41, 5.74) is 2.27. The molecule has 24 heavy (non-hydrogen) atoms. The van der Waals surface area contributed by atoms with Crippen LogP contribution in [-0.2, 0) is 20.8 Å². The highest BCUT2D eigenvalue weighted by Crippen LogP contribution is 2.25. The number of carboxylic acids is 1. The second kappa shape index (κ2) is 8.47. The Morgan fingerprint density at radius 1 is 1.12 bits per heavy atom. The smallest absolute Gasteiger partial charge is 0.306 e. The minimum Gasteiger partial charge on any atom is -0.481 e. The Bertz CT molecular complexity index is 598. The van der Waals surface area contributed by atoms with Crippen molar-refractivity contribution in [2.75, 3.05) is 6.54 Å². The van der Waals surface area contributed by atoms with Crippen LogP contribution in [0.5, 0.6) is 0 Å². The highest BCUT2D eigenvalue weighted by atomic mass is 16.4. The second-order valence-corrected chi connectivity index (χ2v) is 6.37. The summed E-state index contributed by atoms with van der Waals surface area (Å²) in [6, 6.07) is 7.89. The molecule has 2 rings (SSSR count). The van der Waals surface area contributed by atoms with Crippen LogP contribution in [0.3, 0.4) is 0 Å². The minimum atomic E-state index is -0.809. The van der Waals surface area contributed by atoms with Gasteiger partial charge in [0.2, 0.25) is 11.8 Å². The average Bonchev–Trinajstić information content (AvgIpc) is 3.01. The van der Waals surface area contributed by atoms with Crippen LogP contribution < -0.4 is 10.6 Å². The molecule has 0 aliphatic heterocycles. The van der Waals surface area contributed by atoms with Crippen molar-refractivity contribution in [3.63, 3.8) is 0 Å². The number of nitrogens with one attached hydrogen (secondary N) is 2. The number of carbonyl (C=O) groups is 3. The van der Waals surface area contributed by atoms with E-state index in [0.29, 0.717) is 32.1 Å². The minimum absolute atomic E-state index is 0.0685. The molecular weight excluding hydrogens is 308 g/mol. The number of benzene rings is 1. The van der Waals surface area contributed by atoms with E-state index in [1.165, 1.54) is 5.56 Å². The number of carboxylic acid groups (broad SMARTS) is 1. The van der Waals surface area contributed by atoms with Gasteiger partial charge in [-0.2, -0.15) is 0 Å². The first-order valence-corrected chi connectivity index (χ1v) is 8.28. The number of rotatable bonds is 7. The monoisotopic (exact) mass is 332 g/mol. The maximum absolute atomic E-state index is 11.8. The molecule has 1 fully saturated rings. The van der Waals surface area contributed by atoms with E-state index in [1.807, 2.05) is 31.2 Å². The molecule has 130 valence electrons. The summed E-state index contributed by atoms with van der Waals surface area (Å²) in [5.74, 6) is -1.62. The lowest BCUT2D eigenvalue weighted by molar-refractivity contribution is -0.141. The van der Waals surface area contributed by atoms with Crippen molar-refractivity contribution in [1.82, 2.24) is 10.6 Å². The fraction of sp³-hybridized carbons (Fsp3) is 0.500. The zero-order chi connectivity index (χ0) is 17.5. The summed E-state index contributed by atoms with van der Waals surface area (Å²) in [6.45, 7) is 1.94. The van der Waals surface area contributed by atoms with Crippen LogP contribution in [0.4, 0.5) is 0 Å². The molecule has 0 bridgehead atoms. The number of hydrogen-bond acceptors (Lipinski definition) is 3. The van der Waals surface area contributed by atoms with Crippen molar-refractivity contribution in [2.24, 2.45) is 5.92 Å². The van der Waals surface area contributed by atoms with Crippen LogP contribution in [-0.4, -0.2) is 35.5 Å². The quantitative estimate of drug-likeness (QED) is 0.703. The predicted octanol–water partition coefficient (Wildman–Crippen LogP) is 1.41. The van der Waals surface area contributed by atoms with Crippen molar-refractivity contribution >= 4 is 17.8 Å². The van der Waals surface area contributed by atoms with Gasteiger partial charge in [0.1, 0.15) is 0 Å². The number of amides is 2. The number of carbonyl (C=O) groups excluding carboxylic acids is 2. The molecule has 3 N–H and O–H groups in total. The molecule has 2 atom stereocenters. The van der Waals surface area contributed by atoms with Gasteiger partial charge in [0.05, 0.1) is 12.5 Å². The molecule has 1 aromatic carbocycles. The van der Waals surface area contributed by atoms with Gasteiger partial charge in [-0.3, -0.25) is 14.4 Å². The number of hydrogen-bond donors (Lipinski definition) is 3. The molecule has 2 amide bonds. The Kier molecular flexibility index (Phi) is 6.35. The maximum atomic E-state index is 11.8. The average molecular weight is 332 g/mol. The molecule has 0 radical (unpaired) electrons. The third-order valence-electron chi connectivity index (χ3n) is 4.35. The summed E-state index contributed by atoms with van der Waals surface area (Å²) in [5, 5.41) is 14.3. The molecule has 1 saturated carbocycles. The third-order valence-corrected chi connectivity index (χ3v) is 4.35. The normalized spacial score (nSPS) is 19.7. The predicted molar refractivity (Wildman–Crippen MR) is 89.4 cm³/mol. The van der Waals surface area contributed by atoms with Crippen molar-refractivity contribution in [3.8, 4) is 0 Å². The molecule has 0 unspecified atom stereocenters. The summed E-state index contributed by atoms with van der Waals surface area (Å²) in [4.78, 5) is 34.5. The van der Waals surface area contributed by atoms with Gasteiger partial charge >= 0.3 is 5.97 Å². The topological polar surface area (TPSA) is 95.5 Å². The first-order chi connectivity index (χ1) is 11.4. The van der Waals surface area contributed by atoms with Gasteiger partial charge in [-0.05, 0) is 38.2 Å². The summed E-state index contributed by atoms with van der Waals surface area (Å²) < 4.78 is 0. The zero-order valence-corrected chi connectivity index (χ0v) is 13.9. The first-order valence-electron chi connectivity index (χ1n) is 8.28. The van der Waals surface area contributed by atoms with Gasteiger partial charge in [0, 0.05) is 12.5 Å². The summed E-state index contributed by atoms with van der Waals surface area (Å²) >= 11 is 0. The van der Waals surface area contributed by atoms with Gasteiger partial charge in [0.25, 0.3) is 0 Å². The molecule has 0 aromatic heterocycles. The van der Waals surface area contributed by atoms with Crippen molar-refractivity contribution < 1.29 is 19.5 Å². The highest BCUT2D eigenvalue weighted by Gasteiger charge is 2.30. The Morgan fingerprint density at radius 3 is 2.46 bits per heavy atom. The molecule has 0 saturated heterocycles. The fourth-order valence-corrected chi connectivity index (χ4v) is 2.90. The molecule has 6 nitrogen and oxygen atoms in total. The maximum Gasteiger partial charge on any atom is 0.306 e. The first kappa shape index (κ1) is 18.0. The van der Waals surface area contributed by atoms with E-state index in [4.69, 9.17) is 5.11 Å². The van der Waals surface area contributed by atoms with Crippen molar-refractivity contribution in [2.45, 2.75) is 45.1 Å². The molecule has 1 aliphatic carbocycles. The van der Waals surface area contributed by atoms with E-state index in [1.54, 1.807) is 0 Å². The Morgan fingerprint density at radius 2 is 1.83 bits per heavy atom.